The third kappa shape index (κ3) is 5.01. The summed E-state index contributed by atoms with van der Waals surface area (Å²) in [6.45, 7) is 4.40. The molecule has 0 aliphatic heterocycles. The van der Waals surface area contributed by atoms with Crippen molar-refractivity contribution in [3.05, 3.63) is 58.7 Å². The number of aromatic amines is 1. The molecule has 0 radical (unpaired) electrons. The first-order chi connectivity index (χ1) is 13.9. The van der Waals surface area contributed by atoms with Crippen LogP contribution in [0.15, 0.2) is 30.6 Å². The molecule has 0 saturated carbocycles. The highest BCUT2D eigenvalue weighted by Crippen LogP contribution is 2.14. The number of carbonyl (C=O) groups is 1. The van der Waals surface area contributed by atoms with E-state index in [1.165, 1.54) is 6.33 Å². The number of nitrogens with one attached hydrogen (secondary N) is 3. The molecule has 1 aromatic carbocycles. The minimum absolute atomic E-state index is 0.224. The number of hydrogen-bond acceptors (Lipinski definition) is 6. The largest absolute Gasteiger partial charge is 0.382 e. The predicted octanol–water partition coefficient (Wildman–Crippen LogP) is 1.74. The topological polar surface area (TPSA) is 148 Å². The van der Waals surface area contributed by atoms with Gasteiger partial charge in [0.15, 0.2) is 0 Å². The Bertz CT molecular complexity index is 1050. The number of urea groups is 1. The van der Waals surface area contributed by atoms with Crippen LogP contribution in [0.25, 0.3) is 0 Å². The maximum Gasteiger partial charge on any atom is 0.319 e. The van der Waals surface area contributed by atoms with Crippen LogP contribution in [0, 0.1) is 25.7 Å². The summed E-state index contributed by atoms with van der Waals surface area (Å²) < 4.78 is 0. The molecule has 29 heavy (non-hydrogen) atoms. The summed E-state index contributed by atoms with van der Waals surface area (Å²) >= 11 is 0. The number of rotatable bonds is 4. The maximum atomic E-state index is 12.2. The van der Waals surface area contributed by atoms with E-state index in [9.17, 15) is 4.79 Å². The zero-order valence-electron chi connectivity index (χ0n) is 16.2. The summed E-state index contributed by atoms with van der Waals surface area (Å²) in [5.41, 5.74) is 16.3. The van der Waals surface area contributed by atoms with E-state index in [4.69, 9.17) is 11.5 Å². The Labute approximate surface area is 168 Å². The fourth-order valence-electron chi connectivity index (χ4n) is 2.77. The van der Waals surface area contributed by atoms with Crippen LogP contribution in [0.2, 0.25) is 0 Å². The van der Waals surface area contributed by atoms with Crippen molar-refractivity contribution in [1.82, 2.24) is 25.5 Å². The SMILES string of the molecule is Cc1n[nH]c(C)c1CCNC(=O)Nc1cccc(C#Cc2c(N)ncnc2N)c1. The van der Waals surface area contributed by atoms with Crippen molar-refractivity contribution in [3.8, 4) is 11.8 Å². The van der Waals surface area contributed by atoms with Gasteiger partial charge in [0.2, 0.25) is 0 Å². The number of nitrogens with two attached hydrogens (primary N) is 2. The molecule has 2 heterocycles. The molecule has 0 unspecified atom stereocenters. The normalized spacial score (nSPS) is 10.1. The van der Waals surface area contributed by atoms with E-state index >= 15 is 0 Å². The molecular formula is C20H22N8O. The predicted molar refractivity (Wildman–Crippen MR) is 112 cm³/mol. The van der Waals surface area contributed by atoms with E-state index < -0.39 is 0 Å². The van der Waals surface area contributed by atoms with E-state index in [2.05, 4.69) is 42.6 Å². The number of aryl methyl sites for hydroxylation is 2. The molecule has 0 aliphatic rings. The van der Waals surface area contributed by atoms with Crippen molar-refractivity contribution < 1.29 is 4.79 Å². The lowest BCUT2D eigenvalue weighted by Gasteiger charge is -2.08. The van der Waals surface area contributed by atoms with E-state index in [1.807, 2.05) is 19.9 Å². The van der Waals surface area contributed by atoms with E-state index in [0.29, 0.717) is 29.8 Å². The van der Waals surface area contributed by atoms with Crippen molar-refractivity contribution in [1.29, 1.82) is 0 Å². The van der Waals surface area contributed by atoms with Gasteiger partial charge in [-0.3, -0.25) is 5.10 Å². The van der Waals surface area contributed by atoms with Gasteiger partial charge in [-0.2, -0.15) is 5.10 Å². The molecule has 0 bridgehead atoms. The van der Waals surface area contributed by atoms with Crippen LogP contribution in [-0.2, 0) is 6.42 Å². The Hall–Kier alpha value is -4.06. The number of nitrogen functional groups attached to an aromatic ring is 2. The molecule has 2 aromatic heterocycles. The van der Waals surface area contributed by atoms with Crippen LogP contribution in [0.1, 0.15) is 28.1 Å². The van der Waals surface area contributed by atoms with Crippen molar-refractivity contribution in [3.63, 3.8) is 0 Å². The number of nitrogens with zero attached hydrogens (tertiary/aromatic N) is 3. The van der Waals surface area contributed by atoms with Crippen LogP contribution in [0.3, 0.4) is 0 Å². The van der Waals surface area contributed by atoms with E-state index in [0.717, 1.165) is 17.0 Å². The maximum absolute atomic E-state index is 12.2. The summed E-state index contributed by atoms with van der Waals surface area (Å²) in [6.07, 6.45) is 1.99. The van der Waals surface area contributed by atoms with E-state index in [1.54, 1.807) is 18.2 Å². The molecule has 0 fully saturated rings. The first-order valence-electron chi connectivity index (χ1n) is 8.97. The average molecular weight is 390 g/mol. The Balaban J connectivity index is 1.60. The number of H-pyrrole nitrogens is 1. The molecule has 148 valence electrons. The molecule has 9 nitrogen and oxygen atoms in total. The summed E-state index contributed by atoms with van der Waals surface area (Å²) in [5, 5.41) is 12.7. The highest BCUT2D eigenvalue weighted by atomic mass is 16.2. The molecule has 3 rings (SSSR count). The highest BCUT2D eigenvalue weighted by Gasteiger charge is 2.07. The van der Waals surface area contributed by atoms with Gasteiger partial charge in [0.25, 0.3) is 0 Å². The number of benzene rings is 1. The molecule has 7 N–H and O–H groups in total. The van der Waals surface area contributed by atoms with Crippen LogP contribution in [0.4, 0.5) is 22.1 Å². The second kappa shape index (κ2) is 8.75. The zero-order chi connectivity index (χ0) is 20.8. The highest BCUT2D eigenvalue weighted by molar-refractivity contribution is 5.89. The monoisotopic (exact) mass is 390 g/mol. The molecule has 0 aliphatic carbocycles. The van der Waals surface area contributed by atoms with Gasteiger partial charge >= 0.3 is 6.03 Å². The van der Waals surface area contributed by atoms with Gasteiger partial charge in [-0.05, 0) is 44.0 Å². The fraction of sp³-hybridized carbons (Fsp3) is 0.200. The molecule has 3 aromatic rings. The quantitative estimate of drug-likeness (QED) is 0.429. The van der Waals surface area contributed by atoms with Crippen molar-refractivity contribution in [2.75, 3.05) is 23.3 Å². The van der Waals surface area contributed by atoms with Gasteiger partial charge in [0, 0.05) is 23.5 Å². The van der Waals surface area contributed by atoms with Gasteiger partial charge in [-0.25, -0.2) is 14.8 Å². The number of amides is 2. The van der Waals surface area contributed by atoms with Crippen LogP contribution < -0.4 is 22.1 Å². The molecule has 9 heteroatoms. The summed E-state index contributed by atoms with van der Waals surface area (Å²) in [7, 11) is 0. The molecule has 2 amide bonds. The van der Waals surface area contributed by atoms with Crippen molar-refractivity contribution in [2.45, 2.75) is 20.3 Å². The second-order valence-corrected chi connectivity index (χ2v) is 6.39. The molecule has 0 saturated heterocycles. The Kier molecular flexibility index (Phi) is 5.94. The minimum atomic E-state index is -0.293. The lowest BCUT2D eigenvalue weighted by atomic mass is 10.1. The Morgan fingerprint density at radius 1 is 1.17 bits per heavy atom. The number of anilines is 3. The minimum Gasteiger partial charge on any atom is -0.382 e. The molecule has 0 atom stereocenters. The van der Waals surface area contributed by atoms with Crippen LogP contribution in [0.5, 0.6) is 0 Å². The second-order valence-electron chi connectivity index (χ2n) is 6.39. The smallest absolute Gasteiger partial charge is 0.319 e. The van der Waals surface area contributed by atoms with Crippen molar-refractivity contribution >= 4 is 23.4 Å². The number of hydrogen-bond donors (Lipinski definition) is 5. The van der Waals surface area contributed by atoms with Gasteiger partial charge in [0.05, 0.1) is 5.69 Å². The van der Waals surface area contributed by atoms with Gasteiger partial charge in [-0.15, -0.1) is 0 Å². The van der Waals surface area contributed by atoms with Crippen molar-refractivity contribution in [2.24, 2.45) is 0 Å². The average Bonchev–Trinajstić information content (AvgIpc) is 3.00. The van der Waals surface area contributed by atoms with Gasteiger partial charge in [0.1, 0.15) is 23.5 Å². The standard InChI is InChI=1S/C20H22N8O/c1-12-16(13(2)28-27-12)8-9-23-20(29)26-15-5-3-4-14(10-15)6-7-17-18(21)24-11-25-19(17)22/h3-5,10-11H,8-9H2,1-2H3,(H,27,28)(H2,23,26,29)(H4,21,22,24,25). The lowest BCUT2D eigenvalue weighted by molar-refractivity contribution is 0.252. The summed E-state index contributed by atoms with van der Waals surface area (Å²) in [4.78, 5) is 19.9. The third-order valence-electron chi connectivity index (χ3n) is 4.30. The fourth-order valence-corrected chi connectivity index (χ4v) is 2.77. The van der Waals surface area contributed by atoms with Crippen LogP contribution in [-0.4, -0.2) is 32.7 Å². The van der Waals surface area contributed by atoms with Crippen LogP contribution >= 0.6 is 0 Å². The first-order valence-corrected chi connectivity index (χ1v) is 8.97. The lowest BCUT2D eigenvalue weighted by Crippen LogP contribution is -2.30. The number of aromatic nitrogens is 4. The third-order valence-corrected chi connectivity index (χ3v) is 4.30. The molecule has 0 spiro atoms. The number of carbonyl (C=O) groups excluding carboxylic acids is 1. The summed E-state index contributed by atoms with van der Waals surface area (Å²) in [5.74, 6) is 6.28. The first kappa shape index (κ1) is 19.7. The molecular weight excluding hydrogens is 368 g/mol. The Morgan fingerprint density at radius 2 is 1.93 bits per heavy atom. The van der Waals surface area contributed by atoms with Gasteiger partial charge in [-0.1, -0.05) is 17.9 Å². The zero-order valence-corrected chi connectivity index (χ0v) is 16.2. The van der Waals surface area contributed by atoms with Gasteiger partial charge < -0.3 is 22.1 Å². The van der Waals surface area contributed by atoms with E-state index in [-0.39, 0.29) is 17.7 Å². The summed E-state index contributed by atoms with van der Waals surface area (Å²) in [6, 6.07) is 6.86. The Morgan fingerprint density at radius 3 is 2.62 bits per heavy atom.